The fourth-order valence-corrected chi connectivity index (χ4v) is 4.64. The Hall–Kier alpha value is -2.73. The molecule has 6 heteroatoms. The standard InChI is InChI=1S/C21H21N3O2S/c1-12-7-9-16(10-8-12)24-20-18(13(2)23-24)19(27-14(3)21(26)22-20)15-5-4-6-17(25)11-15/h4-11,14,19,25H,1-3H3,(H,22,26)/t14-,19+/m0/s1. The Morgan fingerprint density at radius 1 is 1.15 bits per heavy atom. The molecule has 2 N–H and O–H groups in total. The highest BCUT2D eigenvalue weighted by atomic mass is 32.2. The predicted molar refractivity (Wildman–Crippen MR) is 109 cm³/mol. The zero-order valence-corrected chi connectivity index (χ0v) is 16.2. The summed E-state index contributed by atoms with van der Waals surface area (Å²) in [5.74, 6) is 0.873. The van der Waals surface area contributed by atoms with Crippen LogP contribution in [-0.2, 0) is 4.79 Å². The number of aromatic nitrogens is 2. The molecule has 0 unspecified atom stereocenters. The van der Waals surface area contributed by atoms with Crippen molar-refractivity contribution in [2.24, 2.45) is 0 Å². The number of hydrogen-bond acceptors (Lipinski definition) is 4. The number of benzene rings is 2. The quantitative estimate of drug-likeness (QED) is 0.694. The molecule has 0 aliphatic carbocycles. The molecule has 4 rings (SSSR count). The molecular weight excluding hydrogens is 358 g/mol. The minimum Gasteiger partial charge on any atom is -0.508 e. The summed E-state index contributed by atoms with van der Waals surface area (Å²) in [5, 5.41) is 17.4. The fraction of sp³-hybridized carbons (Fsp3) is 0.238. The van der Waals surface area contributed by atoms with E-state index in [1.807, 2.05) is 57.2 Å². The Morgan fingerprint density at radius 3 is 2.59 bits per heavy atom. The lowest BCUT2D eigenvalue weighted by atomic mass is 10.0. The molecule has 5 nitrogen and oxygen atoms in total. The van der Waals surface area contributed by atoms with Crippen LogP contribution in [0.15, 0.2) is 48.5 Å². The third kappa shape index (κ3) is 3.21. The fourth-order valence-electron chi connectivity index (χ4n) is 3.33. The van der Waals surface area contributed by atoms with Gasteiger partial charge in [0.15, 0.2) is 0 Å². The maximum Gasteiger partial charge on any atom is 0.238 e. The Bertz CT molecular complexity index is 1010. The second-order valence-electron chi connectivity index (χ2n) is 6.84. The second-order valence-corrected chi connectivity index (χ2v) is 8.29. The van der Waals surface area contributed by atoms with Gasteiger partial charge in [-0.25, -0.2) is 4.68 Å². The lowest BCUT2D eigenvalue weighted by Gasteiger charge is -2.17. The zero-order valence-electron chi connectivity index (χ0n) is 15.4. The van der Waals surface area contributed by atoms with Gasteiger partial charge in [-0.15, -0.1) is 11.8 Å². The van der Waals surface area contributed by atoms with E-state index < -0.39 is 0 Å². The van der Waals surface area contributed by atoms with Gasteiger partial charge in [-0.05, 0) is 50.6 Å². The van der Waals surface area contributed by atoms with Gasteiger partial charge in [0.25, 0.3) is 0 Å². The summed E-state index contributed by atoms with van der Waals surface area (Å²) in [7, 11) is 0. The number of hydrogen-bond donors (Lipinski definition) is 2. The molecule has 2 atom stereocenters. The molecule has 0 saturated carbocycles. The minimum atomic E-state index is -0.226. The van der Waals surface area contributed by atoms with Crippen LogP contribution in [-0.4, -0.2) is 26.0 Å². The highest BCUT2D eigenvalue weighted by Crippen LogP contribution is 2.46. The Kier molecular flexibility index (Phi) is 4.44. The number of fused-ring (bicyclic) bond motifs is 1. The molecule has 0 saturated heterocycles. The largest absolute Gasteiger partial charge is 0.508 e. The third-order valence-electron chi connectivity index (χ3n) is 4.77. The molecule has 0 fully saturated rings. The van der Waals surface area contributed by atoms with E-state index in [0.29, 0.717) is 5.82 Å². The number of phenolic OH excluding ortho intramolecular Hbond substituents is 1. The molecule has 1 aromatic heterocycles. The van der Waals surface area contributed by atoms with Crippen LogP contribution >= 0.6 is 11.8 Å². The lowest BCUT2D eigenvalue weighted by molar-refractivity contribution is -0.115. The van der Waals surface area contributed by atoms with Crippen LogP contribution in [0, 0.1) is 13.8 Å². The molecule has 1 aliphatic heterocycles. The summed E-state index contributed by atoms with van der Waals surface area (Å²) in [6.07, 6.45) is 0. The van der Waals surface area contributed by atoms with E-state index in [9.17, 15) is 9.90 Å². The number of carbonyl (C=O) groups excluding carboxylic acids is 1. The van der Waals surface area contributed by atoms with Crippen molar-refractivity contribution in [1.29, 1.82) is 0 Å². The number of thioether (sulfide) groups is 1. The number of rotatable bonds is 2. The molecule has 138 valence electrons. The molecule has 3 aromatic rings. The first kappa shape index (κ1) is 17.7. The number of anilines is 1. The maximum absolute atomic E-state index is 12.6. The maximum atomic E-state index is 12.6. The van der Waals surface area contributed by atoms with E-state index in [1.54, 1.807) is 28.6 Å². The molecular formula is C21H21N3O2S. The summed E-state index contributed by atoms with van der Waals surface area (Å²) >= 11 is 1.57. The molecule has 27 heavy (non-hydrogen) atoms. The van der Waals surface area contributed by atoms with E-state index in [2.05, 4.69) is 5.32 Å². The summed E-state index contributed by atoms with van der Waals surface area (Å²) in [6, 6.07) is 15.3. The van der Waals surface area contributed by atoms with Crippen LogP contribution in [0.1, 0.15) is 34.6 Å². The summed E-state index contributed by atoms with van der Waals surface area (Å²) in [4.78, 5) is 12.6. The molecule has 0 spiro atoms. The first-order chi connectivity index (χ1) is 12.9. The van der Waals surface area contributed by atoms with Crippen molar-refractivity contribution >= 4 is 23.5 Å². The van der Waals surface area contributed by atoms with E-state index in [1.165, 1.54) is 5.56 Å². The summed E-state index contributed by atoms with van der Waals surface area (Å²) in [6.45, 7) is 5.90. The van der Waals surface area contributed by atoms with Gasteiger partial charge in [-0.1, -0.05) is 29.8 Å². The molecule has 0 bridgehead atoms. The molecule has 2 heterocycles. The second kappa shape index (κ2) is 6.78. The zero-order chi connectivity index (χ0) is 19.1. The van der Waals surface area contributed by atoms with Crippen molar-refractivity contribution in [2.75, 3.05) is 5.32 Å². The van der Waals surface area contributed by atoms with Gasteiger partial charge >= 0.3 is 0 Å². The van der Waals surface area contributed by atoms with Crippen LogP contribution in [0.25, 0.3) is 5.69 Å². The van der Waals surface area contributed by atoms with Crippen LogP contribution in [0.2, 0.25) is 0 Å². The minimum absolute atomic E-state index is 0.0443. The van der Waals surface area contributed by atoms with Crippen molar-refractivity contribution in [3.05, 3.63) is 70.9 Å². The van der Waals surface area contributed by atoms with Crippen molar-refractivity contribution in [1.82, 2.24) is 9.78 Å². The average molecular weight is 379 g/mol. The molecule has 2 aromatic carbocycles. The van der Waals surface area contributed by atoms with Gasteiger partial charge in [0, 0.05) is 5.56 Å². The Balaban J connectivity index is 1.91. The van der Waals surface area contributed by atoms with E-state index in [0.717, 1.165) is 22.5 Å². The SMILES string of the molecule is Cc1ccc(-n2nc(C)c3c2NC(=O)[C@H](C)S[C@@H]3c2cccc(O)c2)cc1. The summed E-state index contributed by atoms with van der Waals surface area (Å²) in [5.41, 5.74) is 4.86. The first-order valence-corrected chi connectivity index (χ1v) is 9.80. The number of aryl methyl sites for hydroxylation is 2. The summed E-state index contributed by atoms with van der Waals surface area (Å²) < 4.78 is 1.80. The first-order valence-electron chi connectivity index (χ1n) is 8.86. The third-order valence-corrected chi connectivity index (χ3v) is 6.17. The van der Waals surface area contributed by atoms with Gasteiger partial charge in [0.2, 0.25) is 5.91 Å². The number of carbonyl (C=O) groups is 1. The van der Waals surface area contributed by atoms with Gasteiger partial charge in [0.05, 0.1) is 21.9 Å². The van der Waals surface area contributed by atoms with Crippen LogP contribution < -0.4 is 5.32 Å². The van der Waals surface area contributed by atoms with Gasteiger partial charge in [-0.2, -0.15) is 5.10 Å². The van der Waals surface area contributed by atoms with Crippen LogP contribution in [0.3, 0.4) is 0 Å². The van der Waals surface area contributed by atoms with Crippen molar-refractivity contribution in [3.63, 3.8) is 0 Å². The predicted octanol–water partition coefficient (Wildman–Crippen LogP) is 4.36. The number of amides is 1. The van der Waals surface area contributed by atoms with Crippen molar-refractivity contribution in [3.8, 4) is 11.4 Å². The van der Waals surface area contributed by atoms with Crippen LogP contribution in [0.5, 0.6) is 5.75 Å². The van der Waals surface area contributed by atoms with E-state index in [4.69, 9.17) is 5.10 Å². The van der Waals surface area contributed by atoms with Gasteiger partial charge < -0.3 is 10.4 Å². The van der Waals surface area contributed by atoms with Gasteiger partial charge in [-0.3, -0.25) is 4.79 Å². The Labute approximate surface area is 162 Å². The highest BCUT2D eigenvalue weighted by Gasteiger charge is 2.34. The topological polar surface area (TPSA) is 67.2 Å². The van der Waals surface area contributed by atoms with Crippen molar-refractivity contribution < 1.29 is 9.90 Å². The smallest absolute Gasteiger partial charge is 0.238 e. The number of aromatic hydroxyl groups is 1. The lowest BCUT2D eigenvalue weighted by Crippen LogP contribution is -2.22. The number of nitrogens with one attached hydrogen (secondary N) is 1. The highest BCUT2D eigenvalue weighted by molar-refractivity contribution is 8.01. The number of nitrogens with zero attached hydrogens (tertiary/aromatic N) is 2. The molecule has 1 amide bonds. The normalized spacial score (nSPS) is 19.3. The van der Waals surface area contributed by atoms with E-state index in [-0.39, 0.29) is 22.2 Å². The van der Waals surface area contributed by atoms with Crippen molar-refractivity contribution in [2.45, 2.75) is 31.3 Å². The molecule has 1 aliphatic rings. The van der Waals surface area contributed by atoms with E-state index >= 15 is 0 Å². The monoisotopic (exact) mass is 379 g/mol. The molecule has 0 radical (unpaired) electrons. The Morgan fingerprint density at radius 2 is 1.89 bits per heavy atom. The average Bonchev–Trinajstić information content (AvgIpc) is 2.88. The number of phenols is 1. The van der Waals surface area contributed by atoms with Gasteiger partial charge in [0.1, 0.15) is 11.6 Å². The van der Waals surface area contributed by atoms with Crippen LogP contribution in [0.4, 0.5) is 5.82 Å².